The van der Waals surface area contributed by atoms with Gasteiger partial charge in [-0.25, -0.2) is 0 Å². The molecule has 2 saturated carbocycles. The minimum atomic E-state index is -1.13. The van der Waals surface area contributed by atoms with Crippen LogP contribution >= 0.6 is 0 Å². The van der Waals surface area contributed by atoms with E-state index in [2.05, 4.69) is 5.32 Å². The van der Waals surface area contributed by atoms with Crippen LogP contribution in [-0.2, 0) is 4.79 Å². The molecule has 4 N–H and O–H groups in total. The molecule has 0 aromatic rings. The van der Waals surface area contributed by atoms with Crippen molar-refractivity contribution in [3.63, 3.8) is 0 Å². The summed E-state index contributed by atoms with van der Waals surface area (Å²) < 4.78 is 0. The SMILES string of the molecule is NC(O)(CCC(=O)NC1CC1)C1CCC1. The third-order valence-corrected chi connectivity index (χ3v) is 3.51. The molecule has 2 rings (SSSR count). The summed E-state index contributed by atoms with van der Waals surface area (Å²) in [7, 11) is 0. The van der Waals surface area contributed by atoms with E-state index in [9.17, 15) is 9.90 Å². The normalized spacial score (nSPS) is 25.5. The van der Waals surface area contributed by atoms with Crippen molar-refractivity contribution < 1.29 is 9.90 Å². The Morgan fingerprint density at radius 3 is 2.53 bits per heavy atom. The second-order valence-corrected chi connectivity index (χ2v) is 4.96. The fourth-order valence-corrected chi connectivity index (χ4v) is 1.95. The topological polar surface area (TPSA) is 75.3 Å². The third kappa shape index (κ3) is 2.92. The second-order valence-electron chi connectivity index (χ2n) is 4.96. The summed E-state index contributed by atoms with van der Waals surface area (Å²) >= 11 is 0. The van der Waals surface area contributed by atoms with E-state index in [1.807, 2.05) is 0 Å². The molecule has 0 aromatic heterocycles. The van der Waals surface area contributed by atoms with Crippen LogP contribution < -0.4 is 11.1 Å². The summed E-state index contributed by atoms with van der Waals surface area (Å²) in [4.78, 5) is 11.4. The molecule has 0 aliphatic heterocycles. The molecule has 4 nitrogen and oxygen atoms in total. The Labute approximate surface area is 90.2 Å². The summed E-state index contributed by atoms with van der Waals surface area (Å²) in [6.07, 6.45) is 6.08. The third-order valence-electron chi connectivity index (χ3n) is 3.51. The van der Waals surface area contributed by atoms with Gasteiger partial charge in [0.05, 0.1) is 0 Å². The molecule has 0 spiro atoms. The number of nitrogens with two attached hydrogens (primary N) is 1. The Hall–Kier alpha value is -0.610. The van der Waals surface area contributed by atoms with Crippen LogP contribution in [-0.4, -0.2) is 22.8 Å². The van der Waals surface area contributed by atoms with E-state index in [-0.39, 0.29) is 11.8 Å². The van der Waals surface area contributed by atoms with Crippen molar-refractivity contribution in [2.24, 2.45) is 11.7 Å². The minimum absolute atomic E-state index is 0.0284. The summed E-state index contributed by atoms with van der Waals surface area (Å²) in [6, 6.07) is 0.395. The molecular weight excluding hydrogens is 192 g/mol. The fraction of sp³-hybridized carbons (Fsp3) is 0.909. The van der Waals surface area contributed by atoms with Gasteiger partial charge in [-0.05, 0) is 32.1 Å². The van der Waals surface area contributed by atoms with Gasteiger partial charge in [0.15, 0.2) is 0 Å². The van der Waals surface area contributed by atoms with Crippen LogP contribution in [0.5, 0.6) is 0 Å². The first-order valence-electron chi connectivity index (χ1n) is 5.88. The van der Waals surface area contributed by atoms with E-state index in [0.717, 1.165) is 32.1 Å². The molecule has 1 unspecified atom stereocenters. The number of nitrogens with one attached hydrogen (secondary N) is 1. The van der Waals surface area contributed by atoms with Crippen molar-refractivity contribution in [1.29, 1.82) is 0 Å². The molecule has 0 saturated heterocycles. The Balaban J connectivity index is 1.68. The van der Waals surface area contributed by atoms with Crippen LogP contribution in [0.3, 0.4) is 0 Å². The lowest BCUT2D eigenvalue weighted by atomic mass is 9.76. The van der Waals surface area contributed by atoms with E-state index in [0.29, 0.717) is 18.9 Å². The molecule has 4 heteroatoms. The first kappa shape index (κ1) is 10.9. The van der Waals surface area contributed by atoms with Gasteiger partial charge in [0.2, 0.25) is 5.91 Å². The van der Waals surface area contributed by atoms with Crippen LogP contribution in [0.15, 0.2) is 0 Å². The number of hydrogen-bond acceptors (Lipinski definition) is 3. The Morgan fingerprint density at radius 1 is 1.40 bits per heavy atom. The number of amides is 1. The molecule has 15 heavy (non-hydrogen) atoms. The highest BCUT2D eigenvalue weighted by atomic mass is 16.3. The Bertz CT molecular complexity index is 245. The van der Waals surface area contributed by atoms with Gasteiger partial charge >= 0.3 is 0 Å². The lowest BCUT2D eigenvalue weighted by Gasteiger charge is -2.38. The lowest BCUT2D eigenvalue weighted by molar-refractivity contribution is -0.124. The van der Waals surface area contributed by atoms with Crippen LogP contribution in [0.1, 0.15) is 44.9 Å². The van der Waals surface area contributed by atoms with Crippen LogP contribution in [0.4, 0.5) is 0 Å². The van der Waals surface area contributed by atoms with Gasteiger partial charge in [-0.1, -0.05) is 6.42 Å². The van der Waals surface area contributed by atoms with Gasteiger partial charge in [-0.15, -0.1) is 0 Å². The fourth-order valence-electron chi connectivity index (χ4n) is 1.95. The zero-order valence-electron chi connectivity index (χ0n) is 9.04. The molecule has 1 atom stereocenters. The smallest absolute Gasteiger partial charge is 0.220 e. The molecule has 86 valence electrons. The molecule has 0 aromatic carbocycles. The summed E-state index contributed by atoms with van der Waals surface area (Å²) in [6.45, 7) is 0. The van der Waals surface area contributed by atoms with E-state index in [4.69, 9.17) is 5.73 Å². The second kappa shape index (κ2) is 4.10. The van der Waals surface area contributed by atoms with Gasteiger partial charge < -0.3 is 16.2 Å². The van der Waals surface area contributed by atoms with Gasteiger partial charge in [-0.2, -0.15) is 0 Å². The Kier molecular flexibility index (Phi) is 2.98. The highest BCUT2D eigenvalue weighted by Gasteiger charge is 2.37. The lowest BCUT2D eigenvalue weighted by Crippen LogP contribution is -2.50. The van der Waals surface area contributed by atoms with Crippen molar-refractivity contribution in [1.82, 2.24) is 5.32 Å². The van der Waals surface area contributed by atoms with Crippen molar-refractivity contribution in [2.75, 3.05) is 0 Å². The molecule has 0 heterocycles. The molecular formula is C11H20N2O2. The Morgan fingerprint density at radius 2 is 2.07 bits per heavy atom. The summed E-state index contributed by atoms with van der Waals surface area (Å²) in [5, 5.41) is 12.8. The van der Waals surface area contributed by atoms with Crippen molar-refractivity contribution in [3.05, 3.63) is 0 Å². The first-order chi connectivity index (χ1) is 7.08. The summed E-state index contributed by atoms with van der Waals surface area (Å²) in [5.74, 6) is 0.229. The predicted octanol–water partition coefficient (Wildman–Crippen LogP) is 0.493. The van der Waals surface area contributed by atoms with Crippen LogP contribution in [0.25, 0.3) is 0 Å². The van der Waals surface area contributed by atoms with Gasteiger partial charge in [-0.3, -0.25) is 4.79 Å². The minimum Gasteiger partial charge on any atom is -0.376 e. The maximum Gasteiger partial charge on any atom is 0.220 e. The zero-order chi connectivity index (χ0) is 10.9. The highest BCUT2D eigenvalue weighted by molar-refractivity contribution is 5.76. The maximum absolute atomic E-state index is 11.4. The average molecular weight is 212 g/mol. The molecule has 0 radical (unpaired) electrons. The van der Waals surface area contributed by atoms with Crippen LogP contribution in [0.2, 0.25) is 0 Å². The highest BCUT2D eigenvalue weighted by Crippen LogP contribution is 2.35. The van der Waals surface area contributed by atoms with Gasteiger partial charge in [0.25, 0.3) is 0 Å². The summed E-state index contributed by atoms with van der Waals surface area (Å²) in [5.41, 5.74) is 4.67. The number of hydrogen-bond donors (Lipinski definition) is 3. The van der Waals surface area contributed by atoms with Crippen molar-refractivity contribution in [3.8, 4) is 0 Å². The number of carbonyl (C=O) groups excluding carboxylic acids is 1. The molecule has 2 fully saturated rings. The predicted molar refractivity (Wildman–Crippen MR) is 56.9 cm³/mol. The maximum atomic E-state index is 11.4. The van der Waals surface area contributed by atoms with E-state index in [1.54, 1.807) is 0 Å². The molecule has 2 aliphatic rings. The first-order valence-corrected chi connectivity index (χ1v) is 5.88. The average Bonchev–Trinajstić information content (AvgIpc) is 2.81. The van der Waals surface area contributed by atoms with Gasteiger partial charge in [0, 0.05) is 18.4 Å². The number of carbonyl (C=O) groups is 1. The van der Waals surface area contributed by atoms with E-state index >= 15 is 0 Å². The quantitative estimate of drug-likeness (QED) is 0.581. The molecule has 2 aliphatic carbocycles. The molecule has 0 bridgehead atoms. The largest absolute Gasteiger partial charge is 0.376 e. The van der Waals surface area contributed by atoms with Crippen molar-refractivity contribution in [2.45, 2.75) is 56.7 Å². The van der Waals surface area contributed by atoms with E-state index < -0.39 is 5.72 Å². The standard InChI is InChI=1S/C11H20N2O2/c12-11(15,8-2-1-3-8)7-6-10(14)13-9-4-5-9/h8-9,15H,1-7,12H2,(H,13,14). The molecule has 1 amide bonds. The monoisotopic (exact) mass is 212 g/mol. The zero-order valence-corrected chi connectivity index (χ0v) is 9.04. The number of rotatable bonds is 5. The van der Waals surface area contributed by atoms with Gasteiger partial charge in [0.1, 0.15) is 5.72 Å². The van der Waals surface area contributed by atoms with Crippen molar-refractivity contribution >= 4 is 5.91 Å². The number of aliphatic hydroxyl groups is 1. The van der Waals surface area contributed by atoms with E-state index in [1.165, 1.54) is 0 Å². The van der Waals surface area contributed by atoms with Crippen LogP contribution in [0, 0.1) is 5.92 Å².